The Balaban J connectivity index is 1.98. The third-order valence-corrected chi connectivity index (χ3v) is 3.20. The van der Waals surface area contributed by atoms with Crippen molar-refractivity contribution >= 4 is 12.1 Å². The zero-order valence-corrected chi connectivity index (χ0v) is 14.0. The molecular weight excluding hydrogens is 304 g/mol. The van der Waals surface area contributed by atoms with Crippen LogP contribution in [0.25, 0.3) is 0 Å². The third kappa shape index (κ3) is 5.43. The quantitative estimate of drug-likeness (QED) is 0.599. The van der Waals surface area contributed by atoms with E-state index in [1.807, 2.05) is 62.4 Å². The SMILES string of the molecule is CCOc1ccc(/C=N\NC(=O)Cc2ccccc2)c(OCC)c1. The lowest BCUT2D eigenvalue weighted by Crippen LogP contribution is -2.19. The first-order valence-corrected chi connectivity index (χ1v) is 7.98. The van der Waals surface area contributed by atoms with Gasteiger partial charge in [-0.05, 0) is 31.5 Å². The van der Waals surface area contributed by atoms with E-state index in [0.29, 0.717) is 25.4 Å². The minimum Gasteiger partial charge on any atom is -0.494 e. The minimum absolute atomic E-state index is 0.165. The number of carbonyl (C=O) groups excluding carboxylic acids is 1. The van der Waals surface area contributed by atoms with Gasteiger partial charge in [0, 0.05) is 11.6 Å². The van der Waals surface area contributed by atoms with E-state index in [-0.39, 0.29) is 5.91 Å². The summed E-state index contributed by atoms with van der Waals surface area (Å²) in [6.45, 7) is 4.97. The second-order valence-corrected chi connectivity index (χ2v) is 5.02. The maximum atomic E-state index is 11.9. The summed E-state index contributed by atoms with van der Waals surface area (Å²) in [4.78, 5) is 11.9. The van der Waals surface area contributed by atoms with Gasteiger partial charge in [0.2, 0.25) is 5.91 Å². The Morgan fingerprint density at radius 2 is 1.83 bits per heavy atom. The standard InChI is InChI=1S/C19H22N2O3/c1-3-23-17-11-10-16(18(13-17)24-4-2)14-20-21-19(22)12-15-8-6-5-7-9-15/h5-11,13-14H,3-4,12H2,1-2H3,(H,21,22)/b20-14-. The Morgan fingerprint density at radius 3 is 2.54 bits per heavy atom. The van der Waals surface area contributed by atoms with Gasteiger partial charge in [-0.2, -0.15) is 5.10 Å². The highest BCUT2D eigenvalue weighted by Crippen LogP contribution is 2.23. The Kier molecular flexibility index (Phi) is 6.83. The van der Waals surface area contributed by atoms with Crippen LogP contribution in [0.1, 0.15) is 25.0 Å². The van der Waals surface area contributed by atoms with Crippen LogP contribution in [-0.2, 0) is 11.2 Å². The topological polar surface area (TPSA) is 59.9 Å². The number of carbonyl (C=O) groups is 1. The van der Waals surface area contributed by atoms with Crippen LogP contribution in [0.4, 0.5) is 0 Å². The smallest absolute Gasteiger partial charge is 0.244 e. The number of hydrogen-bond acceptors (Lipinski definition) is 4. The van der Waals surface area contributed by atoms with Crippen LogP contribution < -0.4 is 14.9 Å². The van der Waals surface area contributed by atoms with Crippen LogP contribution in [0.3, 0.4) is 0 Å². The van der Waals surface area contributed by atoms with Gasteiger partial charge in [0.25, 0.3) is 0 Å². The van der Waals surface area contributed by atoms with Crippen molar-refractivity contribution in [2.24, 2.45) is 5.10 Å². The Hall–Kier alpha value is -2.82. The number of nitrogens with zero attached hydrogens (tertiary/aromatic N) is 1. The number of rotatable bonds is 8. The van der Waals surface area contributed by atoms with Gasteiger partial charge in [0.15, 0.2) is 0 Å². The Labute approximate surface area is 142 Å². The summed E-state index contributed by atoms with van der Waals surface area (Å²) in [5.41, 5.74) is 4.26. The molecule has 0 radical (unpaired) electrons. The summed E-state index contributed by atoms with van der Waals surface area (Å²) in [6.07, 6.45) is 1.86. The zero-order chi connectivity index (χ0) is 17.2. The molecule has 0 aromatic heterocycles. The van der Waals surface area contributed by atoms with Crippen molar-refractivity contribution in [1.82, 2.24) is 5.43 Å². The zero-order valence-electron chi connectivity index (χ0n) is 14.0. The maximum Gasteiger partial charge on any atom is 0.244 e. The number of hydrazone groups is 1. The second-order valence-electron chi connectivity index (χ2n) is 5.02. The monoisotopic (exact) mass is 326 g/mol. The highest BCUT2D eigenvalue weighted by atomic mass is 16.5. The molecular formula is C19H22N2O3. The lowest BCUT2D eigenvalue weighted by Gasteiger charge is -2.10. The van der Waals surface area contributed by atoms with Gasteiger partial charge >= 0.3 is 0 Å². The number of nitrogens with one attached hydrogen (secondary N) is 1. The van der Waals surface area contributed by atoms with E-state index < -0.39 is 0 Å². The van der Waals surface area contributed by atoms with Crippen molar-refractivity contribution in [3.05, 3.63) is 59.7 Å². The van der Waals surface area contributed by atoms with E-state index in [4.69, 9.17) is 9.47 Å². The molecule has 5 nitrogen and oxygen atoms in total. The van der Waals surface area contributed by atoms with Gasteiger partial charge in [-0.25, -0.2) is 5.43 Å². The van der Waals surface area contributed by atoms with Crippen molar-refractivity contribution < 1.29 is 14.3 Å². The van der Waals surface area contributed by atoms with Gasteiger partial charge < -0.3 is 9.47 Å². The molecule has 0 atom stereocenters. The van der Waals surface area contributed by atoms with Gasteiger partial charge in [0.05, 0.1) is 25.8 Å². The molecule has 0 heterocycles. The lowest BCUT2D eigenvalue weighted by molar-refractivity contribution is -0.120. The summed E-state index contributed by atoms with van der Waals surface area (Å²) >= 11 is 0. The summed E-state index contributed by atoms with van der Waals surface area (Å²) < 4.78 is 11.1. The molecule has 2 aromatic carbocycles. The molecule has 0 aliphatic rings. The van der Waals surface area contributed by atoms with E-state index >= 15 is 0 Å². The first-order valence-electron chi connectivity index (χ1n) is 7.98. The molecule has 0 fully saturated rings. The van der Waals surface area contributed by atoms with Gasteiger partial charge in [0.1, 0.15) is 11.5 Å². The van der Waals surface area contributed by atoms with E-state index in [1.54, 1.807) is 6.21 Å². The highest BCUT2D eigenvalue weighted by molar-refractivity contribution is 5.86. The van der Waals surface area contributed by atoms with Crippen molar-refractivity contribution in [2.45, 2.75) is 20.3 Å². The van der Waals surface area contributed by atoms with Gasteiger partial charge in [-0.1, -0.05) is 30.3 Å². The van der Waals surface area contributed by atoms with Crippen LogP contribution >= 0.6 is 0 Å². The minimum atomic E-state index is -0.165. The molecule has 0 saturated carbocycles. The predicted molar refractivity (Wildman–Crippen MR) is 94.7 cm³/mol. The lowest BCUT2D eigenvalue weighted by atomic mass is 10.1. The molecule has 0 unspecified atom stereocenters. The van der Waals surface area contributed by atoms with Gasteiger partial charge in [-0.3, -0.25) is 4.79 Å². The summed E-state index contributed by atoms with van der Waals surface area (Å²) in [6, 6.07) is 15.1. The first kappa shape index (κ1) is 17.5. The van der Waals surface area contributed by atoms with Crippen molar-refractivity contribution in [3.63, 3.8) is 0 Å². The van der Waals surface area contributed by atoms with E-state index in [0.717, 1.165) is 16.9 Å². The number of hydrogen-bond donors (Lipinski definition) is 1. The number of benzene rings is 2. The average molecular weight is 326 g/mol. The van der Waals surface area contributed by atoms with Gasteiger partial charge in [-0.15, -0.1) is 0 Å². The second kappa shape index (κ2) is 9.35. The summed E-state index contributed by atoms with van der Waals surface area (Å²) in [5.74, 6) is 1.25. The molecule has 2 aromatic rings. The fourth-order valence-corrected chi connectivity index (χ4v) is 2.15. The van der Waals surface area contributed by atoms with Crippen molar-refractivity contribution in [3.8, 4) is 11.5 Å². The highest BCUT2D eigenvalue weighted by Gasteiger charge is 2.05. The summed E-state index contributed by atoms with van der Waals surface area (Å²) in [5, 5.41) is 4.01. The molecule has 5 heteroatoms. The van der Waals surface area contributed by atoms with E-state index in [1.165, 1.54) is 0 Å². The molecule has 0 aliphatic carbocycles. The normalized spacial score (nSPS) is 10.6. The van der Waals surface area contributed by atoms with Crippen LogP contribution in [0, 0.1) is 0 Å². The molecule has 1 amide bonds. The number of amides is 1. The maximum absolute atomic E-state index is 11.9. The molecule has 126 valence electrons. The van der Waals surface area contributed by atoms with Crippen LogP contribution in [-0.4, -0.2) is 25.3 Å². The predicted octanol–water partition coefficient (Wildman–Crippen LogP) is 3.18. The van der Waals surface area contributed by atoms with E-state index in [2.05, 4.69) is 10.5 Å². The Bertz CT molecular complexity index is 684. The van der Waals surface area contributed by atoms with E-state index in [9.17, 15) is 4.79 Å². The van der Waals surface area contributed by atoms with Crippen LogP contribution in [0.15, 0.2) is 53.6 Å². The average Bonchev–Trinajstić information content (AvgIpc) is 2.58. The largest absolute Gasteiger partial charge is 0.494 e. The van der Waals surface area contributed by atoms with Crippen molar-refractivity contribution in [2.75, 3.05) is 13.2 Å². The molecule has 0 spiro atoms. The fraction of sp³-hybridized carbons (Fsp3) is 0.263. The Morgan fingerprint density at radius 1 is 1.08 bits per heavy atom. The van der Waals surface area contributed by atoms with Crippen LogP contribution in [0.5, 0.6) is 11.5 Å². The molecule has 0 saturated heterocycles. The summed E-state index contributed by atoms with van der Waals surface area (Å²) in [7, 11) is 0. The molecule has 0 aliphatic heterocycles. The third-order valence-electron chi connectivity index (χ3n) is 3.20. The molecule has 24 heavy (non-hydrogen) atoms. The van der Waals surface area contributed by atoms with Crippen LogP contribution in [0.2, 0.25) is 0 Å². The molecule has 0 bridgehead atoms. The first-order chi connectivity index (χ1) is 11.7. The van der Waals surface area contributed by atoms with Crippen molar-refractivity contribution in [1.29, 1.82) is 0 Å². The molecule has 2 rings (SSSR count). The molecule has 1 N–H and O–H groups in total. The number of ether oxygens (including phenoxy) is 2. The fourth-order valence-electron chi connectivity index (χ4n) is 2.15.